The number of fused-ring (bicyclic) bond motifs is 1. The fraction of sp³-hybridized carbons (Fsp3) is 0.161. The van der Waals surface area contributed by atoms with Crippen LogP contribution in [0.3, 0.4) is 0 Å². The van der Waals surface area contributed by atoms with Gasteiger partial charge in [-0.05, 0) is 64.9 Å². The van der Waals surface area contributed by atoms with Gasteiger partial charge >= 0.3 is 11.8 Å². The lowest BCUT2D eigenvalue weighted by atomic mass is 9.99. The van der Waals surface area contributed by atoms with Crippen LogP contribution in [0.5, 0.6) is 0 Å². The largest absolute Gasteiger partial charge is 0.344 e. The van der Waals surface area contributed by atoms with E-state index >= 15 is 0 Å². The molecule has 194 valence electrons. The number of hydrogen-bond acceptors (Lipinski definition) is 4. The highest BCUT2D eigenvalue weighted by Crippen LogP contribution is 2.46. The van der Waals surface area contributed by atoms with Crippen molar-refractivity contribution in [2.75, 3.05) is 6.54 Å². The van der Waals surface area contributed by atoms with Crippen LogP contribution in [0.15, 0.2) is 84.9 Å². The summed E-state index contributed by atoms with van der Waals surface area (Å²) >= 11 is 0. The van der Waals surface area contributed by atoms with Crippen LogP contribution in [-0.4, -0.2) is 29.3 Å². The van der Waals surface area contributed by atoms with E-state index in [9.17, 15) is 18.8 Å². The standard InChI is InChI=1S/C31H25FN4O3/c32-27-13-5-10-25(35-27)11-6-18-33-29(38)30(39)34-20-23-9-3-4-12-26(23)28(37)36-31(16-17-31)24-15-14-21-7-1-2-8-22(21)19-24/h1-5,7-10,12-15,19H,16-18,20H2,(H,33,38)(H,34,39)(H,36,37). The summed E-state index contributed by atoms with van der Waals surface area (Å²) in [7, 11) is 0. The van der Waals surface area contributed by atoms with Gasteiger partial charge in [0, 0.05) is 12.1 Å². The maximum atomic E-state index is 13.3. The Morgan fingerprint density at radius 2 is 1.59 bits per heavy atom. The molecule has 0 atom stereocenters. The molecule has 0 bridgehead atoms. The highest BCUT2D eigenvalue weighted by Gasteiger charge is 2.46. The molecule has 3 aromatic carbocycles. The molecular formula is C31H25FN4O3. The number of rotatable bonds is 6. The van der Waals surface area contributed by atoms with Gasteiger partial charge in [0.05, 0.1) is 12.1 Å². The molecule has 1 aliphatic rings. The molecule has 8 heteroatoms. The molecule has 1 heterocycles. The van der Waals surface area contributed by atoms with Crippen molar-refractivity contribution in [1.29, 1.82) is 0 Å². The lowest BCUT2D eigenvalue weighted by Crippen LogP contribution is -2.40. The summed E-state index contributed by atoms with van der Waals surface area (Å²) in [5.41, 5.74) is 1.88. The average Bonchev–Trinajstić information content (AvgIpc) is 3.74. The number of hydrogen-bond donors (Lipinski definition) is 3. The number of nitrogens with one attached hydrogen (secondary N) is 3. The van der Waals surface area contributed by atoms with Gasteiger partial charge < -0.3 is 16.0 Å². The van der Waals surface area contributed by atoms with E-state index in [1.807, 2.05) is 12.1 Å². The van der Waals surface area contributed by atoms with Crippen LogP contribution in [0, 0.1) is 17.8 Å². The van der Waals surface area contributed by atoms with E-state index in [1.54, 1.807) is 24.3 Å². The zero-order valence-corrected chi connectivity index (χ0v) is 21.0. The quantitative estimate of drug-likeness (QED) is 0.206. The van der Waals surface area contributed by atoms with Crippen LogP contribution in [0.2, 0.25) is 0 Å². The van der Waals surface area contributed by atoms with Gasteiger partial charge in [0.25, 0.3) is 5.91 Å². The Labute approximate surface area is 224 Å². The molecule has 1 aromatic heterocycles. The summed E-state index contributed by atoms with van der Waals surface area (Å²) in [6, 6.07) is 25.5. The van der Waals surface area contributed by atoms with Crippen molar-refractivity contribution in [3.8, 4) is 11.8 Å². The Balaban J connectivity index is 1.18. The summed E-state index contributed by atoms with van der Waals surface area (Å²) in [6.45, 7) is -0.113. The lowest BCUT2D eigenvalue weighted by Gasteiger charge is -2.20. The van der Waals surface area contributed by atoms with E-state index in [-0.39, 0.29) is 24.7 Å². The maximum Gasteiger partial charge on any atom is 0.310 e. The fourth-order valence-corrected chi connectivity index (χ4v) is 4.35. The lowest BCUT2D eigenvalue weighted by molar-refractivity contribution is -0.139. The van der Waals surface area contributed by atoms with E-state index in [1.165, 1.54) is 18.2 Å². The van der Waals surface area contributed by atoms with E-state index in [2.05, 4.69) is 63.1 Å². The molecule has 5 rings (SSSR count). The summed E-state index contributed by atoms with van der Waals surface area (Å²) in [4.78, 5) is 41.4. The SMILES string of the molecule is O=C(NCC#Cc1cccc(F)n1)C(=O)NCc1ccccc1C(=O)NC1(c2ccc3ccccc3c2)CC1. The number of nitrogens with zero attached hydrogens (tertiary/aromatic N) is 1. The van der Waals surface area contributed by atoms with Crippen molar-refractivity contribution in [3.63, 3.8) is 0 Å². The van der Waals surface area contributed by atoms with Gasteiger partial charge in [-0.15, -0.1) is 0 Å². The molecule has 0 radical (unpaired) electrons. The molecule has 1 aliphatic carbocycles. The predicted octanol–water partition coefficient (Wildman–Crippen LogP) is 3.58. The van der Waals surface area contributed by atoms with Crippen molar-refractivity contribution in [2.45, 2.75) is 24.9 Å². The molecule has 3 amide bonds. The van der Waals surface area contributed by atoms with Gasteiger partial charge in [0.1, 0.15) is 5.69 Å². The number of halogens is 1. The van der Waals surface area contributed by atoms with Crippen molar-refractivity contribution in [3.05, 3.63) is 113 Å². The Kier molecular flexibility index (Phi) is 7.32. The summed E-state index contributed by atoms with van der Waals surface area (Å²) in [5, 5.41) is 10.4. The van der Waals surface area contributed by atoms with Gasteiger partial charge in [-0.1, -0.05) is 66.6 Å². The molecular weight excluding hydrogens is 495 g/mol. The van der Waals surface area contributed by atoms with Crippen LogP contribution < -0.4 is 16.0 Å². The van der Waals surface area contributed by atoms with E-state index < -0.39 is 23.3 Å². The van der Waals surface area contributed by atoms with Crippen LogP contribution in [0.25, 0.3) is 10.8 Å². The second kappa shape index (κ2) is 11.2. The molecule has 0 spiro atoms. The third kappa shape index (κ3) is 6.11. The summed E-state index contributed by atoms with van der Waals surface area (Å²) in [5.74, 6) is 2.61. The van der Waals surface area contributed by atoms with Crippen molar-refractivity contribution in [1.82, 2.24) is 20.9 Å². The van der Waals surface area contributed by atoms with Crippen molar-refractivity contribution < 1.29 is 18.8 Å². The third-order valence-electron chi connectivity index (χ3n) is 6.58. The van der Waals surface area contributed by atoms with E-state index in [0.717, 1.165) is 29.2 Å². The van der Waals surface area contributed by atoms with Gasteiger partial charge in [-0.2, -0.15) is 4.39 Å². The fourth-order valence-electron chi connectivity index (χ4n) is 4.35. The molecule has 7 nitrogen and oxygen atoms in total. The van der Waals surface area contributed by atoms with Crippen molar-refractivity contribution in [2.24, 2.45) is 0 Å². The van der Waals surface area contributed by atoms with Gasteiger partial charge in [-0.3, -0.25) is 14.4 Å². The van der Waals surface area contributed by atoms with Gasteiger partial charge in [0.15, 0.2) is 0 Å². The highest BCUT2D eigenvalue weighted by atomic mass is 19.1. The monoisotopic (exact) mass is 520 g/mol. The number of pyridine rings is 1. The van der Waals surface area contributed by atoms with E-state index in [4.69, 9.17) is 0 Å². The maximum absolute atomic E-state index is 13.3. The topological polar surface area (TPSA) is 100 Å². The molecule has 1 fully saturated rings. The second-order valence-corrected chi connectivity index (χ2v) is 9.27. The molecule has 0 aliphatic heterocycles. The van der Waals surface area contributed by atoms with Crippen LogP contribution >= 0.6 is 0 Å². The summed E-state index contributed by atoms with van der Waals surface area (Å²) < 4.78 is 13.1. The first kappa shape index (κ1) is 25.6. The third-order valence-corrected chi connectivity index (χ3v) is 6.58. The molecule has 39 heavy (non-hydrogen) atoms. The number of carbonyl (C=O) groups is 3. The predicted molar refractivity (Wildman–Crippen MR) is 145 cm³/mol. The average molecular weight is 521 g/mol. The normalized spacial score (nSPS) is 13.1. The molecule has 1 saturated carbocycles. The first-order valence-corrected chi connectivity index (χ1v) is 12.5. The zero-order chi connectivity index (χ0) is 27.2. The molecule has 4 aromatic rings. The molecule has 0 unspecified atom stereocenters. The Hall–Kier alpha value is -5.03. The minimum atomic E-state index is -0.869. The minimum absolute atomic E-state index is 0.00227. The smallest absolute Gasteiger partial charge is 0.310 e. The second-order valence-electron chi connectivity index (χ2n) is 9.27. The van der Waals surface area contributed by atoms with Crippen LogP contribution in [0.1, 0.15) is 40.0 Å². The zero-order valence-electron chi connectivity index (χ0n) is 21.0. The number of amides is 3. The number of carbonyl (C=O) groups excluding carboxylic acids is 3. The first-order valence-electron chi connectivity index (χ1n) is 12.5. The Morgan fingerprint density at radius 1 is 0.846 bits per heavy atom. The van der Waals surface area contributed by atoms with E-state index in [0.29, 0.717) is 11.1 Å². The number of benzene rings is 3. The minimum Gasteiger partial charge on any atom is -0.344 e. The first-order chi connectivity index (χ1) is 18.9. The molecule has 0 saturated heterocycles. The highest BCUT2D eigenvalue weighted by molar-refractivity contribution is 6.35. The Bertz CT molecular complexity index is 1640. The van der Waals surface area contributed by atoms with Crippen LogP contribution in [0.4, 0.5) is 4.39 Å². The molecule has 3 N–H and O–H groups in total. The van der Waals surface area contributed by atoms with Crippen molar-refractivity contribution >= 4 is 28.5 Å². The van der Waals surface area contributed by atoms with Gasteiger partial charge in [0.2, 0.25) is 5.95 Å². The van der Waals surface area contributed by atoms with Crippen LogP contribution in [-0.2, 0) is 21.7 Å². The Morgan fingerprint density at radius 3 is 2.38 bits per heavy atom. The van der Waals surface area contributed by atoms with Gasteiger partial charge in [-0.25, -0.2) is 4.98 Å². The summed E-state index contributed by atoms with van der Waals surface area (Å²) in [6.07, 6.45) is 1.68. The number of aromatic nitrogens is 1.